The van der Waals surface area contributed by atoms with E-state index in [2.05, 4.69) is 34.5 Å². The molecule has 0 spiro atoms. The highest BCUT2D eigenvalue weighted by Gasteiger charge is 2.43. The van der Waals surface area contributed by atoms with Crippen molar-refractivity contribution in [2.45, 2.75) is 19.4 Å². The second kappa shape index (κ2) is 5.35. The first-order valence-corrected chi connectivity index (χ1v) is 7.39. The molecule has 5 nitrogen and oxygen atoms in total. The van der Waals surface area contributed by atoms with E-state index in [1.807, 2.05) is 26.1 Å². The van der Waals surface area contributed by atoms with Gasteiger partial charge in [0.25, 0.3) is 0 Å². The average Bonchev–Trinajstić information content (AvgIpc) is 2.74. The first-order valence-electron chi connectivity index (χ1n) is 7.39. The third-order valence-electron chi connectivity index (χ3n) is 4.19. The zero-order chi connectivity index (χ0) is 15.0. The molecule has 0 aliphatic carbocycles. The summed E-state index contributed by atoms with van der Waals surface area (Å²) in [7, 11) is 1.76. The molecule has 112 valence electrons. The molecule has 3 rings (SSSR count). The molecule has 1 aromatic rings. The van der Waals surface area contributed by atoms with E-state index in [0.717, 1.165) is 37.5 Å². The summed E-state index contributed by atoms with van der Waals surface area (Å²) < 4.78 is 11.7. The van der Waals surface area contributed by atoms with E-state index in [-0.39, 0.29) is 7.12 Å². The van der Waals surface area contributed by atoms with E-state index >= 15 is 0 Å². The van der Waals surface area contributed by atoms with Crippen LogP contribution >= 0.6 is 0 Å². The van der Waals surface area contributed by atoms with Crippen LogP contribution in [0.1, 0.15) is 13.8 Å². The molecular formula is C15H22BN3O2. The lowest BCUT2D eigenvalue weighted by atomic mass is 9.80. The number of piperazine rings is 1. The predicted octanol–water partition coefficient (Wildman–Crippen LogP) is 0.868. The van der Waals surface area contributed by atoms with Crippen LogP contribution in [-0.4, -0.2) is 55.8 Å². The molecule has 2 aliphatic rings. The van der Waals surface area contributed by atoms with Crippen molar-refractivity contribution in [2.75, 3.05) is 38.1 Å². The van der Waals surface area contributed by atoms with Crippen LogP contribution in [0.25, 0.3) is 0 Å². The summed E-state index contributed by atoms with van der Waals surface area (Å²) in [5.74, 6) is 1.66. The maximum atomic E-state index is 5.93. The van der Waals surface area contributed by atoms with E-state index in [0.29, 0.717) is 5.76 Å². The molecule has 0 radical (unpaired) electrons. The number of aromatic nitrogens is 1. The zero-order valence-corrected chi connectivity index (χ0v) is 13.0. The quantitative estimate of drug-likeness (QED) is 0.755. The second-order valence-corrected chi connectivity index (χ2v) is 6.24. The van der Waals surface area contributed by atoms with Gasteiger partial charge in [0.05, 0.1) is 5.76 Å². The highest BCUT2D eigenvalue weighted by Crippen LogP contribution is 2.29. The van der Waals surface area contributed by atoms with Crippen LogP contribution in [0.3, 0.4) is 0 Å². The van der Waals surface area contributed by atoms with Crippen LogP contribution < -0.4 is 10.4 Å². The zero-order valence-electron chi connectivity index (χ0n) is 13.0. The van der Waals surface area contributed by atoms with Gasteiger partial charge in [-0.05, 0) is 33.0 Å². The molecule has 2 aliphatic heterocycles. The highest BCUT2D eigenvalue weighted by molar-refractivity contribution is 6.62. The molecule has 0 saturated carbocycles. The van der Waals surface area contributed by atoms with Crippen LogP contribution in [-0.2, 0) is 9.31 Å². The van der Waals surface area contributed by atoms with E-state index in [1.165, 1.54) is 0 Å². The molecular weight excluding hydrogens is 265 g/mol. The Hall–Kier alpha value is -1.53. The minimum Gasteiger partial charge on any atom is -0.534 e. The average molecular weight is 287 g/mol. The fourth-order valence-corrected chi connectivity index (χ4v) is 2.55. The Morgan fingerprint density at radius 1 is 1.29 bits per heavy atom. The van der Waals surface area contributed by atoms with Crippen LogP contribution in [0.2, 0.25) is 0 Å². The number of pyridine rings is 1. The standard InChI is InChI=1S/C15H22BN3O2/c1-12-15(2,3)21-16(20-12)13-5-6-17-14(11-13)19-9-7-18(4)8-10-19/h5-6,11H,1,7-10H2,2-4H3. The summed E-state index contributed by atoms with van der Waals surface area (Å²) in [6, 6.07) is 4.00. The lowest BCUT2D eigenvalue weighted by Gasteiger charge is -2.33. The molecule has 0 bridgehead atoms. The summed E-state index contributed by atoms with van der Waals surface area (Å²) >= 11 is 0. The Bertz CT molecular complexity index is 541. The first kappa shape index (κ1) is 14.4. The van der Waals surface area contributed by atoms with Gasteiger partial charge in [-0.15, -0.1) is 0 Å². The molecule has 6 heteroatoms. The van der Waals surface area contributed by atoms with E-state index in [4.69, 9.17) is 9.31 Å². The van der Waals surface area contributed by atoms with Crippen LogP contribution in [0.4, 0.5) is 5.82 Å². The Labute approximate surface area is 126 Å². The van der Waals surface area contributed by atoms with Crippen LogP contribution in [0.15, 0.2) is 30.7 Å². The Morgan fingerprint density at radius 2 is 2.00 bits per heavy atom. The van der Waals surface area contributed by atoms with Gasteiger partial charge in [0.1, 0.15) is 11.4 Å². The third kappa shape index (κ3) is 2.92. The molecule has 2 fully saturated rings. The number of hydrogen-bond acceptors (Lipinski definition) is 5. The molecule has 0 aromatic carbocycles. The predicted molar refractivity (Wildman–Crippen MR) is 84.7 cm³/mol. The van der Waals surface area contributed by atoms with Crippen molar-refractivity contribution in [1.29, 1.82) is 0 Å². The summed E-state index contributed by atoms with van der Waals surface area (Å²) in [5.41, 5.74) is 0.549. The fourth-order valence-electron chi connectivity index (χ4n) is 2.55. The number of anilines is 1. The van der Waals surface area contributed by atoms with Gasteiger partial charge in [-0.3, -0.25) is 0 Å². The third-order valence-corrected chi connectivity index (χ3v) is 4.19. The smallest absolute Gasteiger partial charge is 0.534 e. The van der Waals surface area contributed by atoms with Gasteiger partial charge in [-0.25, -0.2) is 4.98 Å². The van der Waals surface area contributed by atoms with Crippen molar-refractivity contribution in [3.8, 4) is 0 Å². The van der Waals surface area contributed by atoms with Crippen molar-refractivity contribution >= 4 is 18.4 Å². The molecule has 0 unspecified atom stereocenters. The lowest BCUT2D eigenvalue weighted by molar-refractivity contribution is 0.173. The van der Waals surface area contributed by atoms with Crippen LogP contribution in [0.5, 0.6) is 0 Å². The van der Waals surface area contributed by atoms with Crippen LogP contribution in [0, 0.1) is 0 Å². The Balaban J connectivity index is 1.76. The number of hydrogen-bond donors (Lipinski definition) is 0. The van der Waals surface area contributed by atoms with Gasteiger partial charge >= 0.3 is 7.12 Å². The molecule has 2 saturated heterocycles. The number of nitrogens with zero attached hydrogens (tertiary/aromatic N) is 3. The van der Waals surface area contributed by atoms with Crippen molar-refractivity contribution in [1.82, 2.24) is 9.88 Å². The fraction of sp³-hybridized carbons (Fsp3) is 0.533. The molecule has 21 heavy (non-hydrogen) atoms. The SMILES string of the molecule is C=C1OB(c2ccnc(N3CCN(C)CC3)c2)OC1(C)C. The monoisotopic (exact) mass is 287 g/mol. The second-order valence-electron chi connectivity index (χ2n) is 6.24. The van der Waals surface area contributed by atoms with E-state index in [9.17, 15) is 0 Å². The van der Waals surface area contributed by atoms with Crippen molar-refractivity contribution < 1.29 is 9.31 Å². The normalized spacial score (nSPS) is 22.5. The summed E-state index contributed by atoms with van der Waals surface area (Å²) in [6.45, 7) is 12.0. The maximum Gasteiger partial charge on any atom is 0.563 e. The topological polar surface area (TPSA) is 37.8 Å². The largest absolute Gasteiger partial charge is 0.563 e. The molecule has 1 aromatic heterocycles. The lowest BCUT2D eigenvalue weighted by Crippen LogP contribution is -2.45. The van der Waals surface area contributed by atoms with Gasteiger partial charge in [-0.2, -0.15) is 0 Å². The Kier molecular flexibility index (Phi) is 3.67. The van der Waals surface area contributed by atoms with Crippen molar-refractivity contribution in [2.24, 2.45) is 0 Å². The molecule has 0 amide bonds. The summed E-state index contributed by atoms with van der Waals surface area (Å²) in [4.78, 5) is 9.12. The summed E-state index contributed by atoms with van der Waals surface area (Å²) in [6.07, 6.45) is 1.82. The number of rotatable bonds is 2. The minimum absolute atomic E-state index is 0.387. The summed E-state index contributed by atoms with van der Waals surface area (Å²) in [5, 5.41) is 0. The molecule has 3 heterocycles. The Morgan fingerprint density at radius 3 is 2.62 bits per heavy atom. The maximum absolute atomic E-state index is 5.93. The molecule has 0 atom stereocenters. The van der Waals surface area contributed by atoms with Crippen molar-refractivity contribution in [3.05, 3.63) is 30.7 Å². The minimum atomic E-state index is -0.443. The van der Waals surface area contributed by atoms with E-state index in [1.54, 1.807) is 0 Å². The van der Waals surface area contributed by atoms with Gasteiger partial charge in [0.2, 0.25) is 0 Å². The highest BCUT2D eigenvalue weighted by atomic mass is 16.7. The molecule has 0 N–H and O–H groups in total. The van der Waals surface area contributed by atoms with Gasteiger partial charge in [-0.1, -0.05) is 6.58 Å². The first-order chi connectivity index (χ1) is 9.95. The van der Waals surface area contributed by atoms with Gasteiger partial charge < -0.3 is 19.1 Å². The van der Waals surface area contributed by atoms with Crippen molar-refractivity contribution in [3.63, 3.8) is 0 Å². The van der Waals surface area contributed by atoms with Gasteiger partial charge in [0, 0.05) is 37.8 Å². The van der Waals surface area contributed by atoms with E-state index < -0.39 is 5.60 Å². The number of likely N-dealkylation sites (N-methyl/N-ethyl adjacent to an activating group) is 1. The van der Waals surface area contributed by atoms with Gasteiger partial charge in [0.15, 0.2) is 0 Å².